The molecule has 0 bridgehead atoms. The molecule has 1 amide bonds. The Balaban J connectivity index is 2.61. The predicted octanol–water partition coefficient (Wildman–Crippen LogP) is -0.0590. The lowest BCUT2D eigenvalue weighted by Crippen LogP contribution is -2.40. The highest BCUT2D eigenvalue weighted by molar-refractivity contribution is 5.75. The molecule has 6 heteroatoms. The molecule has 0 saturated carbocycles. The van der Waals surface area contributed by atoms with E-state index in [1.165, 1.54) is 9.58 Å². The molecule has 0 fully saturated rings. The van der Waals surface area contributed by atoms with Crippen LogP contribution in [-0.4, -0.2) is 23.1 Å². The number of unbranched alkanes of at least 4 members (excludes halogenated alkanes) is 1. The Morgan fingerprint density at radius 3 is 2.75 bits per heavy atom. The summed E-state index contributed by atoms with van der Waals surface area (Å²) in [6, 6.07) is 0. The Bertz CT molecular complexity index is 408. The van der Waals surface area contributed by atoms with Crippen LogP contribution in [0.25, 0.3) is 0 Å². The Hall–Kier alpha value is -1.59. The molecule has 0 aliphatic carbocycles. The van der Waals surface area contributed by atoms with Crippen molar-refractivity contribution in [3.63, 3.8) is 0 Å². The van der Waals surface area contributed by atoms with Gasteiger partial charge in [-0.05, 0) is 11.7 Å². The van der Waals surface area contributed by atoms with Crippen molar-refractivity contribution in [3.8, 4) is 0 Å². The highest BCUT2D eigenvalue weighted by Crippen LogP contribution is 2.00. The number of rotatable bonds is 5. The van der Waals surface area contributed by atoms with E-state index in [1.807, 2.05) is 6.92 Å². The summed E-state index contributed by atoms with van der Waals surface area (Å²) < 4.78 is 6.08. The third-order valence-electron chi connectivity index (χ3n) is 2.47. The van der Waals surface area contributed by atoms with Gasteiger partial charge in [0.1, 0.15) is 6.54 Å². The van der Waals surface area contributed by atoms with E-state index in [4.69, 9.17) is 0 Å². The summed E-state index contributed by atoms with van der Waals surface area (Å²) in [7, 11) is 3.36. The van der Waals surface area contributed by atoms with Crippen LogP contribution in [0.4, 0.5) is 0 Å². The molecule has 0 unspecified atom stereocenters. The van der Waals surface area contributed by atoms with Crippen molar-refractivity contribution in [1.82, 2.24) is 10.2 Å². The number of nitrogens with zero attached hydrogens (tertiary/aromatic N) is 2. The first-order chi connectivity index (χ1) is 7.56. The van der Waals surface area contributed by atoms with Crippen LogP contribution in [0.5, 0.6) is 0 Å². The third-order valence-corrected chi connectivity index (χ3v) is 2.47. The molecule has 16 heavy (non-hydrogen) atoms. The molecule has 0 saturated heterocycles. The number of carbonyl (C=O) groups is 1. The summed E-state index contributed by atoms with van der Waals surface area (Å²) in [5.74, 6) is 0.0439. The van der Waals surface area contributed by atoms with Crippen molar-refractivity contribution in [3.05, 3.63) is 16.1 Å². The lowest BCUT2D eigenvalue weighted by molar-refractivity contribution is -0.746. The van der Waals surface area contributed by atoms with E-state index in [1.54, 1.807) is 14.1 Å². The summed E-state index contributed by atoms with van der Waals surface area (Å²) >= 11 is 0. The van der Waals surface area contributed by atoms with Crippen LogP contribution in [0.1, 0.15) is 31.9 Å². The van der Waals surface area contributed by atoms with Crippen molar-refractivity contribution in [2.75, 3.05) is 7.05 Å². The summed E-state index contributed by atoms with van der Waals surface area (Å²) in [4.78, 5) is 24.4. The molecule has 1 N–H and O–H groups in total. The van der Waals surface area contributed by atoms with Crippen LogP contribution in [0.2, 0.25) is 0 Å². The van der Waals surface area contributed by atoms with E-state index in [0.717, 1.165) is 12.8 Å². The lowest BCUT2D eigenvalue weighted by atomic mass is 10.2. The van der Waals surface area contributed by atoms with Crippen LogP contribution < -0.4 is 10.3 Å². The summed E-state index contributed by atoms with van der Waals surface area (Å²) in [6.45, 7) is 2.30. The van der Waals surface area contributed by atoms with E-state index in [-0.39, 0.29) is 12.5 Å². The minimum atomic E-state index is -0.433. The molecule has 0 spiro atoms. The normalized spacial score (nSPS) is 10.4. The van der Waals surface area contributed by atoms with Crippen LogP contribution in [0.15, 0.2) is 9.32 Å². The first-order valence-corrected chi connectivity index (χ1v) is 5.36. The van der Waals surface area contributed by atoms with Crippen LogP contribution in [-0.2, 0) is 18.4 Å². The fourth-order valence-electron chi connectivity index (χ4n) is 1.36. The van der Waals surface area contributed by atoms with Crippen LogP contribution in [0, 0.1) is 0 Å². The topological polar surface area (TPSA) is 70.2 Å². The van der Waals surface area contributed by atoms with Gasteiger partial charge < -0.3 is 4.90 Å². The van der Waals surface area contributed by atoms with Gasteiger partial charge in [-0.3, -0.25) is 9.32 Å². The highest BCUT2D eigenvalue weighted by Gasteiger charge is 2.21. The van der Waals surface area contributed by atoms with Crippen LogP contribution in [0.3, 0.4) is 0 Å². The van der Waals surface area contributed by atoms with Gasteiger partial charge in [0.2, 0.25) is 5.91 Å². The van der Waals surface area contributed by atoms with Gasteiger partial charge in [-0.15, -0.1) is 0 Å². The number of aromatic nitrogens is 2. The van der Waals surface area contributed by atoms with Crippen molar-refractivity contribution >= 4 is 5.91 Å². The SMILES string of the molecule is CCCCC(=O)N(C)Cc1c(=O)o[nH][n+]1C. The molecule has 1 aromatic heterocycles. The molecule has 0 atom stereocenters. The molecule has 0 radical (unpaired) electrons. The lowest BCUT2D eigenvalue weighted by Gasteiger charge is -2.13. The van der Waals surface area contributed by atoms with Gasteiger partial charge in [-0.1, -0.05) is 18.0 Å². The van der Waals surface area contributed by atoms with Crippen molar-refractivity contribution in [2.45, 2.75) is 32.7 Å². The van der Waals surface area contributed by atoms with Crippen molar-refractivity contribution < 1.29 is 14.0 Å². The second kappa shape index (κ2) is 5.48. The van der Waals surface area contributed by atoms with Crippen molar-refractivity contribution in [1.29, 1.82) is 0 Å². The van der Waals surface area contributed by atoms with E-state index >= 15 is 0 Å². The fourth-order valence-corrected chi connectivity index (χ4v) is 1.36. The minimum absolute atomic E-state index is 0.0439. The number of nitrogens with one attached hydrogen (secondary N) is 1. The van der Waals surface area contributed by atoms with Gasteiger partial charge >= 0.3 is 11.3 Å². The number of H-pyrrole nitrogens is 1. The maximum Gasteiger partial charge on any atom is 0.431 e. The highest BCUT2D eigenvalue weighted by atomic mass is 16.5. The quantitative estimate of drug-likeness (QED) is 0.718. The first kappa shape index (κ1) is 12.5. The largest absolute Gasteiger partial charge is 0.431 e. The van der Waals surface area contributed by atoms with E-state index in [2.05, 4.69) is 9.79 Å². The van der Waals surface area contributed by atoms with E-state index < -0.39 is 5.63 Å². The standard InChI is InChI=1S/C10H17N3O3/c1-4-5-6-9(14)12(2)7-8-10(15)16-11-13(8)3/h4-7H2,1-3H3/p+1. The second-order valence-corrected chi connectivity index (χ2v) is 3.84. The average molecular weight is 228 g/mol. The van der Waals surface area contributed by atoms with Gasteiger partial charge in [0, 0.05) is 13.5 Å². The average Bonchev–Trinajstić information content (AvgIpc) is 2.57. The van der Waals surface area contributed by atoms with E-state index in [0.29, 0.717) is 12.1 Å². The predicted molar refractivity (Wildman–Crippen MR) is 56.5 cm³/mol. The number of amides is 1. The molecule has 1 rings (SSSR count). The Labute approximate surface area is 93.8 Å². The van der Waals surface area contributed by atoms with Gasteiger partial charge in [-0.2, -0.15) is 0 Å². The van der Waals surface area contributed by atoms with Crippen LogP contribution >= 0.6 is 0 Å². The smallest absolute Gasteiger partial charge is 0.335 e. The number of carbonyl (C=O) groups excluding carboxylic acids is 1. The molecule has 0 aliphatic rings. The van der Waals surface area contributed by atoms with Gasteiger partial charge in [-0.25, -0.2) is 4.79 Å². The van der Waals surface area contributed by atoms with Gasteiger partial charge in [0.05, 0.1) is 0 Å². The maximum absolute atomic E-state index is 11.6. The van der Waals surface area contributed by atoms with Crippen molar-refractivity contribution in [2.24, 2.45) is 7.05 Å². The number of hydrogen-bond acceptors (Lipinski definition) is 3. The summed E-state index contributed by atoms with van der Waals surface area (Å²) in [5.41, 5.74) is 0.00462. The molecule has 6 nitrogen and oxygen atoms in total. The maximum atomic E-state index is 11.6. The second-order valence-electron chi connectivity index (χ2n) is 3.84. The molecule has 90 valence electrons. The van der Waals surface area contributed by atoms with Gasteiger partial charge in [0.15, 0.2) is 7.05 Å². The number of aromatic amines is 1. The molecule has 1 aromatic rings. The molecule has 1 heterocycles. The first-order valence-electron chi connectivity index (χ1n) is 5.36. The zero-order valence-electron chi connectivity index (χ0n) is 9.95. The Morgan fingerprint density at radius 2 is 2.25 bits per heavy atom. The number of aryl methyl sites for hydroxylation is 1. The zero-order valence-corrected chi connectivity index (χ0v) is 9.95. The summed E-state index contributed by atoms with van der Waals surface area (Å²) in [5, 5.41) is 2.42. The molecular weight excluding hydrogens is 210 g/mol. The minimum Gasteiger partial charge on any atom is -0.335 e. The van der Waals surface area contributed by atoms with Gasteiger partial charge in [0.25, 0.3) is 0 Å². The number of hydrogen-bond donors (Lipinski definition) is 1. The molecular formula is C10H18N3O3+. The summed E-state index contributed by atoms with van der Waals surface area (Å²) in [6.07, 6.45) is 2.38. The Morgan fingerprint density at radius 1 is 1.56 bits per heavy atom. The fraction of sp³-hybridized carbons (Fsp3) is 0.700. The molecule has 0 aliphatic heterocycles. The zero-order chi connectivity index (χ0) is 12.1. The third kappa shape index (κ3) is 2.95. The van der Waals surface area contributed by atoms with E-state index in [9.17, 15) is 9.59 Å². The Kier molecular flexibility index (Phi) is 4.28. The monoisotopic (exact) mass is 228 g/mol. The molecule has 0 aromatic carbocycles.